The smallest absolute Gasteiger partial charge is 0.133 e. The van der Waals surface area contributed by atoms with Gasteiger partial charge >= 0.3 is 0 Å². The minimum absolute atomic E-state index is 0.00220. The van der Waals surface area contributed by atoms with Gasteiger partial charge in [0.05, 0.1) is 5.52 Å². The van der Waals surface area contributed by atoms with Crippen LogP contribution in [-0.4, -0.2) is 54.8 Å². The van der Waals surface area contributed by atoms with Crippen molar-refractivity contribution in [1.82, 2.24) is 9.88 Å². The largest absolute Gasteiger partial charge is 0.396 e. The van der Waals surface area contributed by atoms with Gasteiger partial charge in [-0.2, -0.15) is 0 Å². The van der Waals surface area contributed by atoms with E-state index in [2.05, 4.69) is 16.8 Å². The maximum atomic E-state index is 14.7. The van der Waals surface area contributed by atoms with Crippen molar-refractivity contribution in [2.24, 2.45) is 0 Å². The van der Waals surface area contributed by atoms with Gasteiger partial charge in [0.2, 0.25) is 0 Å². The van der Waals surface area contributed by atoms with Crippen molar-refractivity contribution in [2.75, 3.05) is 44.7 Å². The second-order valence-electron chi connectivity index (χ2n) is 7.05. The number of piperazine rings is 1. The normalized spacial score (nSPS) is 15.4. The van der Waals surface area contributed by atoms with E-state index in [-0.39, 0.29) is 12.4 Å². The number of fused-ring (bicyclic) bond motifs is 1. The molecule has 27 heavy (non-hydrogen) atoms. The summed E-state index contributed by atoms with van der Waals surface area (Å²) in [6.45, 7) is 3.67. The zero-order chi connectivity index (χ0) is 18.8. The molecular weight excluding hydrogens is 341 g/mol. The summed E-state index contributed by atoms with van der Waals surface area (Å²) >= 11 is 0. The number of aliphatic hydroxyl groups is 1. The molecular formula is C22H24FN3O. The van der Waals surface area contributed by atoms with Crippen molar-refractivity contribution in [3.63, 3.8) is 0 Å². The Balaban J connectivity index is 1.98. The number of hydrogen-bond acceptors (Lipinski definition) is 4. The lowest BCUT2D eigenvalue weighted by Crippen LogP contribution is -2.45. The molecule has 0 amide bonds. The predicted octanol–water partition coefficient (Wildman–Crippen LogP) is 3.33. The minimum atomic E-state index is -0.252. The Morgan fingerprint density at radius 3 is 2.44 bits per heavy atom. The quantitative estimate of drug-likeness (QED) is 0.770. The first-order chi connectivity index (χ1) is 13.2. The minimum Gasteiger partial charge on any atom is -0.396 e. The molecule has 1 fully saturated rings. The summed E-state index contributed by atoms with van der Waals surface area (Å²) in [5.41, 5.74) is 3.19. The Morgan fingerprint density at radius 1 is 1.00 bits per heavy atom. The van der Waals surface area contributed by atoms with E-state index in [0.717, 1.165) is 54.0 Å². The molecule has 4 rings (SSSR count). The fourth-order valence-corrected chi connectivity index (χ4v) is 3.84. The van der Waals surface area contributed by atoms with Crippen molar-refractivity contribution in [3.8, 4) is 11.1 Å². The van der Waals surface area contributed by atoms with Gasteiger partial charge in [0, 0.05) is 54.9 Å². The van der Waals surface area contributed by atoms with Gasteiger partial charge < -0.3 is 14.9 Å². The van der Waals surface area contributed by atoms with Crippen LogP contribution in [0.3, 0.4) is 0 Å². The summed E-state index contributed by atoms with van der Waals surface area (Å²) in [5.74, 6) is 0.617. The van der Waals surface area contributed by atoms with Crippen molar-refractivity contribution in [2.45, 2.75) is 6.42 Å². The first-order valence-corrected chi connectivity index (χ1v) is 9.40. The second-order valence-corrected chi connectivity index (χ2v) is 7.05. The van der Waals surface area contributed by atoms with Gasteiger partial charge in [-0.15, -0.1) is 0 Å². The molecule has 1 aromatic heterocycles. The Hall–Kier alpha value is -2.50. The Kier molecular flexibility index (Phi) is 5.05. The highest BCUT2D eigenvalue weighted by Crippen LogP contribution is 2.38. The average molecular weight is 365 g/mol. The number of anilines is 1. The molecule has 0 bridgehead atoms. The highest BCUT2D eigenvalue weighted by molar-refractivity contribution is 5.98. The summed E-state index contributed by atoms with van der Waals surface area (Å²) in [4.78, 5) is 9.49. The van der Waals surface area contributed by atoms with Crippen LogP contribution in [0.1, 0.15) is 5.56 Å². The van der Waals surface area contributed by atoms with Crippen molar-refractivity contribution < 1.29 is 9.50 Å². The van der Waals surface area contributed by atoms with Crippen molar-refractivity contribution in [3.05, 3.63) is 59.9 Å². The molecule has 1 N–H and O–H groups in total. The number of para-hydroxylation sites is 1. The summed E-state index contributed by atoms with van der Waals surface area (Å²) in [5, 5.41) is 10.7. The third-order valence-corrected chi connectivity index (χ3v) is 5.28. The third kappa shape index (κ3) is 3.40. The van der Waals surface area contributed by atoms with E-state index in [0.29, 0.717) is 12.0 Å². The van der Waals surface area contributed by atoms with E-state index in [4.69, 9.17) is 4.98 Å². The lowest BCUT2D eigenvalue weighted by molar-refractivity contribution is 0.298. The fourth-order valence-electron chi connectivity index (χ4n) is 3.84. The topological polar surface area (TPSA) is 39.6 Å². The van der Waals surface area contributed by atoms with E-state index in [1.165, 1.54) is 6.07 Å². The summed E-state index contributed by atoms with van der Waals surface area (Å²) in [6, 6.07) is 14.7. The summed E-state index contributed by atoms with van der Waals surface area (Å²) in [7, 11) is 2.12. The molecule has 3 aromatic rings. The molecule has 0 radical (unpaired) electrons. The highest BCUT2D eigenvalue weighted by atomic mass is 19.1. The monoisotopic (exact) mass is 365 g/mol. The van der Waals surface area contributed by atoms with Crippen LogP contribution in [0.25, 0.3) is 22.0 Å². The molecule has 2 aromatic carbocycles. The van der Waals surface area contributed by atoms with Crippen LogP contribution in [-0.2, 0) is 6.42 Å². The van der Waals surface area contributed by atoms with Crippen LogP contribution in [0.15, 0.2) is 48.5 Å². The van der Waals surface area contributed by atoms with Gasteiger partial charge in [0.15, 0.2) is 0 Å². The Labute approximate surface area is 158 Å². The molecule has 1 saturated heterocycles. The van der Waals surface area contributed by atoms with Crippen LogP contribution in [0, 0.1) is 5.82 Å². The molecule has 5 heteroatoms. The van der Waals surface area contributed by atoms with Gasteiger partial charge in [-0.1, -0.05) is 36.4 Å². The number of aliphatic hydroxyl groups excluding tert-OH is 1. The standard InChI is InChI=1S/C22H24FN3O/c1-25-11-13-26(14-12-25)22-18(10-15-27)21(16-6-2-4-8-19(16)23)17-7-3-5-9-20(17)24-22/h2-9,27H,10-15H2,1H3. The van der Waals surface area contributed by atoms with Crippen molar-refractivity contribution in [1.29, 1.82) is 0 Å². The SMILES string of the molecule is CN1CCN(c2nc3ccccc3c(-c3ccccc3F)c2CCO)CC1. The molecule has 1 aliphatic heterocycles. The lowest BCUT2D eigenvalue weighted by Gasteiger charge is -2.35. The molecule has 1 aliphatic rings. The fraction of sp³-hybridized carbons (Fsp3) is 0.318. The Morgan fingerprint density at radius 2 is 1.70 bits per heavy atom. The van der Waals surface area contributed by atoms with Gasteiger partial charge in [-0.25, -0.2) is 9.37 Å². The van der Waals surface area contributed by atoms with E-state index in [9.17, 15) is 9.50 Å². The summed E-state index contributed by atoms with van der Waals surface area (Å²) < 4.78 is 14.7. The highest BCUT2D eigenvalue weighted by Gasteiger charge is 2.23. The maximum Gasteiger partial charge on any atom is 0.133 e. The molecule has 0 atom stereocenters. The summed E-state index contributed by atoms with van der Waals surface area (Å²) in [6.07, 6.45) is 0.448. The van der Waals surface area contributed by atoms with Gasteiger partial charge in [0.1, 0.15) is 11.6 Å². The first kappa shape index (κ1) is 17.9. The van der Waals surface area contributed by atoms with Crippen LogP contribution in [0.2, 0.25) is 0 Å². The van der Waals surface area contributed by atoms with Gasteiger partial charge in [-0.3, -0.25) is 0 Å². The number of aromatic nitrogens is 1. The third-order valence-electron chi connectivity index (χ3n) is 5.28. The number of benzene rings is 2. The van der Waals surface area contributed by atoms with E-state index >= 15 is 0 Å². The van der Waals surface area contributed by atoms with E-state index in [1.54, 1.807) is 6.07 Å². The first-order valence-electron chi connectivity index (χ1n) is 9.40. The molecule has 0 unspecified atom stereocenters. The maximum absolute atomic E-state index is 14.7. The second kappa shape index (κ2) is 7.62. The molecule has 0 saturated carbocycles. The average Bonchev–Trinajstić information content (AvgIpc) is 2.69. The van der Waals surface area contributed by atoms with Crippen molar-refractivity contribution >= 4 is 16.7 Å². The molecule has 4 nitrogen and oxygen atoms in total. The van der Waals surface area contributed by atoms with Crippen LogP contribution >= 0.6 is 0 Å². The van der Waals surface area contributed by atoms with Crippen LogP contribution < -0.4 is 4.90 Å². The molecule has 0 aliphatic carbocycles. The lowest BCUT2D eigenvalue weighted by atomic mass is 9.93. The molecule has 140 valence electrons. The van der Waals surface area contributed by atoms with Crippen LogP contribution in [0.4, 0.5) is 10.2 Å². The Bertz CT molecular complexity index is 951. The number of nitrogens with zero attached hydrogens (tertiary/aromatic N) is 3. The zero-order valence-corrected chi connectivity index (χ0v) is 15.5. The number of pyridine rings is 1. The number of likely N-dealkylation sites (N-methyl/N-ethyl adjacent to an activating group) is 1. The van der Waals surface area contributed by atoms with E-state index in [1.807, 2.05) is 36.4 Å². The number of hydrogen-bond donors (Lipinski definition) is 1. The van der Waals surface area contributed by atoms with Crippen LogP contribution in [0.5, 0.6) is 0 Å². The van der Waals surface area contributed by atoms with E-state index < -0.39 is 0 Å². The molecule has 2 heterocycles. The zero-order valence-electron chi connectivity index (χ0n) is 15.5. The number of rotatable bonds is 4. The predicted molar refractivity (Wildman–Crippen MR) is 108 cm³/mol. The van der Waals surface area contributed by atoms with Gasteiger partial charge in [0.25, 0.3) is 0 Å². The molecule has 0 spiro atoms. The number of halogens is 1. The van der Waals surface area contributed by atoms with Gasteiger partial charge in [-0.05, 0) is 25.6 Å².